The molecule has 0 aliphatic carbocycles. The number of amides is 2. The second-order valence-electron chi connectivity index (χ2n) is 2.36. The molecule has 7 heteroatoms. The summed E-state index contributed by atoms with van der Waals surface area (Å²) >= 11 is 5.52. The number of halogens is 1. The van der Waals surface area contributed by atoms with Crippen LogP contribution in [0.5, 0.6) is 0 Å². The Bertz CT molecular complexity index is 285. The zero-order valence-electron chi connectivity index (χ0n) is 8.25. The molecule has 0 aromatic carbocycles. The number of nitrogens with two attached hydrogens (primary N) is 1. The molecule has 0 atom stereocenters. The number of alkyl halides is 1. The maximum atomic E-state index is 10.6. The minimum Gasteiger partial charge on any atom is -0.351 e. The zero-order valence-corrected chi connectivity index (χ0v) is 9.00. The summed E-state index contributed by atoms with van der Waals surface area (Å²) in [5.41, 5.74) is 5.27. The molecule has 0 fully saturated rings. The molecule has 0 saturated carbocycles. The number of nitrogens with one attached hydrogen (secondary N) is 1. The summed E-state index contributed by atoms with van der Waals surface area (Å²) in [5, 5.41) is 11.0. The van der Waals surface area contributed by atoms with Gasteiger partial charge in [0.15, 0.2) is 0 Å². The number of allylic oxidation sites excluding steroid dienone is 1. The highest BCUT2D eigenvalue weighted by molar-refractivity contribution is 6.19. The third-order valence-corrected chi connectivity index (χ3v) is 1.58. The minimum atomic E-state index is -0.783. The second kappa shape index (κ2) is 8.05. The summed E-state index contributed by atoms with van der Waals surface area (Å²) in [5.74, 6) is -0.0404. The molecule has 0 aromatic rings. The molecule has 0 aliphatic rings. The van der Waals surface area contributed by atoms with E-state index in [1.54, 1.807) is 6.92 Å². The number of nitrogens with zero attached hydrogens (tertiary/aromatic N) is 1. The van der Waals surface area contributed by atoms with Gasteiger partial charge in [0.1, 0.15) is 6.61 Å². The number of rotatable bonds is 6. The monoisotopic (exact) mass is 233 g/mol. The first-order valence-corrected chi connectivity index (χ1v) is 4.68. The number of carbonyl (C=O) groups is 1. The fourth-order valence-electron chi connectivity index (χ4n) is 0.709. The molecule has 0 aliphatic heterocycles. The van der Waals surface area contributed by atoms with Crippen molar-refractivity contribution in [2.75, 3.05) is 19.1 Å². The SMILES string of the molecule is CCOOC/C(C#N)=C(/CCl)NC(N)=O. The van der Waals surface area contributed by atoms with E-state index in [-0.39, 0.29) is 23.8 Å². The van der Waals surface area contributed by atoms with E-state index in [0.29, 0.717) is 6.61 Å². The third kappa shape index (κ3) is 5.91. The normalized spacial score (nSPS) is 11.5. The molecule has 0 heterocycles. The van der Waals surface area contributed by atoms with Gasteiger partial charge in [-0.25, -0.2) is 14.6 Å². The Morgan fingerprint density at radius 2 is 2.27 bits per heavy atom. The predicted octanol–water partition coefficient (Wildman–Crippen LogP) is 0.639. The molecule has 84 valence electrons. The quantitative estimate of drug-likeness (QED) is 0.231. The molecule has 0 rings (SSSR count). The molecule has 0 radical (unpaired) electrons. The molecule has 0 aromatic heterocycles. The lowest BCUT2D eigenvalue weighted by molar-refractivity contribution is -0.283. The van der Waals surface area contributed by atoms with Crippen LogP contribution in [0.25, 0.3) is 0 Å². The molecule has 15 heavy (non-hydrogen) atoms. The van der Waals surface area contributed by atoms with Crippen molar-refractivity contribution in [3.8, 4) is 6.07 Å². The second-order valence-corrected chi connectivity index (χ2v) is 2.63. The van der Waals surface area contributed by atoms with Crippen molar-refractivity contribution < 1.29 is 14.6 Å². The maximum absolute atomic E-state index is 10.6. The third-order valence-electron chi connectivity index (χ3n) is 1.31. The van der Waals surface area contributed by atoms with Crippen LogP contribution >= 0.6 is 11.6 Å². The first-order chi connectivity index (χ1) is 7.15. The number of hydrogen-bond donors (Lipinski definition) is 2. The maximum Gasteiger partial charge on any atom is 0.316 e. The van der Waals surface area contributed by atoms with E-state index < -0.39 is 6.03 Å². The highest BCUT2D eigenvalue weighted by Gasteiger charge is 2.08. The Balaban J connectivity index is 4.46. The van der Waals surface area contributed by atoms with Crippen molar-refractivity contribution in [2.24, 2.45) is 5.73 Å². The smallest absolute Gasteiger partial charge is 0.316 e. The number of urea groups is 1. The van der Waals surface area contributed by atoms with Crippen molar-refractivity contribution in [3.05, 3.63) is 11.3 Å². The average molecular weight is 234 g/mol. The molecule has 0 spiro atoms. The lowest BCUT2D eigenvalue weighted by Crippen LogP contribution is -2.30. The Morgan fingerprint density at radius 1 is 1.60 bits per heavy atom. The van der Waals surface area contributed by atoms with Crippen molar-refractivity contribution in [2.45, 2.75) is 6.92 Å². The molecule has 6 nitrogen and oxygen atoms in total. The Labute approximate surface area is 92.5 Å². The first-order valence-electron chi connectivity index (χ1n) is 4.14. The largest absolute Gasteiger partial charge is 0.351 e. The van der Waals surface area contributed by atoms with E-state index >= 15 is 0 Å². The summed E-state index contributed by atoms with van der Waals surface area (Å²) in [6.07, 6.45) is 0. The van der Waals surface area contributed by atoms with Gasteiger partial charge < -0.3 is 11.1 Å². The van der Waals surface area contributed by atoms with E-state index in [2.05, 4.69) is 15.1 Å². The van der Waals surface area contributed by atoms with E-state index in [0.717, 1.165) is 0 Å². The van der Waals surface area contributed by atoms with Gasteiger partial charge in [-0.2, -0.15) is 5.26 Å². The van der Waals surface area contributed by atoms with Gasteiger partial charge >= 0.3 is 6.03 Å². The molecule has 2 amide bonds. The number of hydrogen-bond acceptors (Lipinski definition) is 4. The predicted molar refractivity (Wildman–Crippen MR) is 53.7 cm³/mol. The summed E-state index contributed by atoms with van der Waals surface area (Å²) in [4.78, 5) is 19.8. The van der Waals surface area contributed by atoms with Crippen LogP contribution in [0.1, 0.15) is 6.92 Å². The average Bonchev–Trinajstić information content (AvgIpc) is 2.21. The number of primary amides is 1. The van der Waals surface area contributed by atoms with Crippen LogP contribution in [0, 0.1) is 11.3 Å². The fourth-order valence-corrected chi connectivity index (χ4v) is 0.937. The standard InChI is InChI=1S/C8H12ClN3O3/c1-2-14-15-5-6(4-10)7(3-9)12-8(11)13/h2-3,5H2,1H3,(H3,11,12,13)/b7-6-. The van der Waals surface area contributed by atoms with E-state index in [1.165, 1.54) is 0 Å². The fraction of sp³-hybridized carbons (Fsp3) is 0.500. The Kier molecular flexibility index (Phi) is 7.36. The van der Waals surface area contributed by atoms with Crippen LogP contribution in [-0.2, 0) is 9.78 Å². The topological polar surface area (TPSA) is 97.4 Å². The van der Waals surface area contributed by atoms with E-state index in [4.69, 9.17) is 22.6 Å². The molecular weight excluding hydrogens is 222 g/mol. The van der Waals surface area contributed by atoms with Gasteiger partial charge in [0.25, 0.3) is 0 Å². The van der Waals surface area contributed by atoms with Gasteiger partial charge in [-0.15, -0.1) is 11.6 Å². The molecule has 0 unspecified atom stereocenters. The highest BCUT2D eigenvalue weighted by Crippen LogP contribution is 2.04. The van der Waals surface area contributed by atoms with E-state index in [1.807, 2.05) is 6.07 Å². The molecular formula is C8H12ClN3O3. The van der Waals surface area contributed by atoms with Crippen LogP contribution in [0.4, 0.5) is 4.79 Å². The molecule has 0 saturated heterocycles. The number of nitriles is 1. The van der Waals surface area contributed by atoms with Crippen LogP contribution in [0.3, 0.4) is 0 Å². The summed E-state index contributed by atoms with van der Waals surface area (Å²) < 4.78 is 0. The molecule has 0 bridgehead atoms. The lowest BCUT2D eigenvalue weighted by Gasteiger charge is -2.07. The van der Waals surface area contributed by atoms with Crippen molar-refractivity contribution in [1.82, 2.24) is 5.32 Å². The Hall–Kier alpha value is -1.29. The minimum absolute atomic E-state index is 0.0404. The van der Waals surface area contributed by atoms with Crippen LogP contribution in [0.15, 0.2) is 11.3 Å². The van der Waals surface area contributed by atoms with Crippen LogP contribution in [-0.4, -0.2) is 25.1 Å². The van der Waals surface area contributed by atoms with Gasteiger partial charge in [0, 0.05) is 0 Å². The first kappa shape index (κ1) is 13.7. The molecule has 3 N–H and O–H groups in total. The van der Waals surface area contributed by atoms with Crippen molar-refractivity contribution >= 4 is 17.6 Å². The van der Waals surface area contributed by atoms with Crippen molar-refractivity contribution in [1.29, 1.82) is 5.26 Å². The summed E-state index contributed by atoms with van der Waals surface area (Å²) in [6, 6.07) is 1.05. The lowest BCUT2D eigenvalue weighted by atomic mass is 10.2. The van der Waals surface area contributed by atoms with Crippen molar-refractivity contribution in [3.63, 3.8) is 0 Å². The van der Waals surface area contributed by atoms with Gasteiger partial charge in [-0.3, -0.25) is 0 Å². The summed E-state index contributed by atoms with van der Waals surface area (Å²) in [7, 11) is 0. The van der Waals surface area contributed by atoms with Gasteiger partial charge in [-0.1, -0.05) is 0 Å². The zero-order chi connectivity index (χ0) is 11.7. The van der Waals surface area contributed by atoms with Gasteiger partial charge in [0.05, 0.1) is 29.8 Å². The Morgan fingerprint density at radius 3 is 2.67 bits per heavy atom. The number of carbonyl (C=O) groups excluding carboxylic acids is 1. The van der Waals surface area contributed by atoms with Crippen LogP contribution < -0.4 is 11.1 Å². The highest BCUT2D eigenvalue weighted by atomic mass is 35.5. The van der Waals surface area contributed by atoms with Gasteiger partial charge in [-0.05, 0) is 6.92 Å². The van der Waals surface area contributed by atoms with Crippen LogP contribution in [0.2, 0.25) is 0 Å². The summed E-state index contributed by atoms with van der Waals surface area (Å²) in [6.45, 7) is 2.00. The van der Waals surface area contributed by atoms with Gasteiger partial charge in [0.2, 0.25) is 0 Å². The van der Waals surface area contributed by atoms with E-state index in [9.17, 15) is 4.79 Å².